The van der Waals surface area contributed by atoms with Crippen molar-refractivity contribution in [3.63, 3.8) is 0 Å². The van der Waals surface area contributed by atoms with Gasteiger partial charge in [0, 0.05) is 17.6 Å². The maximum Gasteiger partial charge on any atom is 0.261 e. The third-order valence-corrected chi connectivity index (χ3v) is 4.54. The molecular weight excluding hydrogens is 382 g/mol. The number of aromatic nitrogens is 2. The molecule has 0 spiro atoms. The standard InChI is InChI=1S/C19H18BrN3O2/c1-2-22(11-14-6-4-3-5-7-14)18(24)12-23-13-21-17-9-8-15(20)10-16(17)19(23)25/h3-10,13H,2,11-12H2,1H3. The first-order valence-electron chi connectivity index (χ1n) is 8.05. The van der Waals surface area contributed by atoms with Crippen LogP contribution in [0.15, 0.2) is 64.1 Å². The predicted molar refractivity (Wildman–Crippen MR) is 101 cm³/mol. The van der Waals surface area contributed by atoms with Crippen molar-refractivity contribution in [3.05, 3.63) is 75.2 Å². The summed E-state index contributed by atoms with van der Waals surface area (Å²) in [6.07, 6.45) is 1.44. The molecule has 0 saturated heterocycles. The zero-order chi connectivity index (χ0) is 17.8. The summed E-state index contributed by atoms with van der Waals surface area (Å²) in [6, 6.07) is 15.2. The average Bonchev–Trinajstić information content (AvgIpc) is 2.63. The summed E-state index contributed by atoms with van der Waals surface area (Å²) < 4.78 is 2.17. The van der Waals surface area contributed by atoms with Crippen LogP contribution in [0.4, 0.5) is 0 Å². The Labute approximate surface area is 154 Å². The van der Waals surface area contributed by atoms with Crippen LogP contribution in [-0.2, 0) is 17.9 Å². The van der Waals surface area contributed by atoms with Gasteiger partial charge in [-0.2, -0.15) is 0 Å². The molecule has 6 heteroatoms. The highest BCUT2D eigenvalue weighted by atomic mass is 79.9. The van der Waals surface area contributed by atoms with Crippen LogP contribution >= 0.6 is 15.9 Å². The lowest BCUT2D eigenvalue weighted by Crippen LogP contribution is -2.36. The fraction of sp³-hybridized carbons (Fsp3) is 0.211. The number of carbonyl (C=O) groups is 1. The van der Waals surface area contributed by atoms with Crippen molar-refractivity contribution in [2.24, 2.45) is 0 Å². The summed E-state index contributed by atoms with van der Waals surface area (Å²) in [7, 11) is 0. The third kappa shape index (κ3) is 3.96. The van der Waals surface area contributed by atoms with Crippen molar-refractivity contribution >= 4 is 32.7 Å². The summed E-state index contributed by atoms with van der Waals surface area (Å²) in [4.78, 5) is 31.3. The van der Waals surface area contributed by atoms with Crippen molar-refractivity contribution < 1.29 is 4.79 Å². The maximum absolute atomic E-state index is 12.6. The van der Waals surface area contributed by atoms with Crippen LogP contribution in [-0.4, -0.2) is 26.9 Å². The summed E-state index contributed by atoms with van der Waals surface area (Å²) >= 11 is 3.36. The van der Waals surface area contributed by atoms with Crippen molar-refractivity contribution in [1.29, 1.82) is 0 Å². The first kappa shape index (κ1) is 17.4. The first-order chi connectivity index (χ1) is 12.1. The predicted octanol–water partition coefficient (Wildman–Crippen LogP) is 3.21. The average molecular weight is 400 g/mol. The number of hydrogen-bond acceptors (Lipinski definition) is 3. The number of benzene rings is 2. The molecule has 128 valence electrons. The molecule has 0 saturated carbocycles. The zero-order valence-corrected chi connectivity index (χ0v) is 15.4. The summed E-state index contributed by atoms with van der Waals surface area (Å²) in [5.41, 5.74) is 1.47. The third-order valence-electron chi connectivity index (χ3n) is 4.04. The van der Waals surface area contributed by atoms with Crippen molar-refractivity contribution in [2.75, 3.05) is 6.54 Å². The van der Waals surface area contributed by atoms with E-state index in [9.17, 15) is 9.59 Å². The molecule has 0 atom stereocenters. The molecule has 0 radical (unpaired) electrons. The highest BCUT2D eigenvalue weighted by molar-refractivity contribution is 9.10. The van der Waals surface area contributed by atoms with Crippen molar-refractivity contribution in [3.8, 4) is 0 Å². The molecule has 0 aliphatic carbocycles. The largest absolute Gasteiger partial charge is 0.337 e. The van der Waals surface area contributed by atoms with Gasteiger partial charge in [0.05, 0.1) is 17.2 Å². The molecule has 1 aromatic heterocycles. The molecule has 1 heterocycles. The van der Waals surface area contributed by atoms with Gasteiger partial charge in [0.15, 0.2) is 0 Å². The van der Waals surface area contributed by atoms with E-state index in [-0.39, 0.29) is 18.0 Å². The summed E-state index contributed by atoms with van der Waals surface area (Å²) in [6.45, 7) is 3.01. The van der Waals surface area contributed by atoms with Gasteiger partial charge in [0.1, 0.15) is 6.54 Å². The van der Waals surface area contributed by atoms with Gasteiger partial charge in [-0.1, -0.05) is 46.3 Å². The van der Waals surface area contributed by atoms with Gasteiger partial charge >= 0.3 is 0 Å². The molecule has 0 N–H and O–H groups in total. The lowest BCUT2D eigenvalue weighted by atomic mass is 10.2. The molecular formula is C19H18BrN3O2. The Morgan fingerprint density at radius 1 is 1.20 bits per heavy atom. The molecule has 3 rings (SSSR count). The molecule has 0 aliphatic heterocycles. The quantitative estimate of drug-likeness (QED) is 0.661. The number of amides is 1. The molecule has 3 aromatic rings. The summed E-state index contributed by atoms with van der Waals surface area (Å²) in [5.74, 6) is -0.107. The van der Waals surface area contributed by atoms with E-state index in [1.54, 1.807) is 17.0 Å². The second kappa shape index (κ2) is 7.61. The Morgan fingerprint density at radius 2 is 1.96 bits per heavy atom. The Bertz CT molecular complexity index is 954. The lowest BCUT2D eigenvalue weighted by Gasteiger charge is -2.21. The van der Waals surface area contributed by atoms with Gasteiger partial charge in [-0.05, 0) is 30.7 Å². The Kier molecular flexibility index (Phi) is 5.28. The minimum absolute atomic E-state index is 0.0189. The van der Waals surface area contributed by atoms with Gasteiger partial charge in [-0.15, -0.1) is 0 Å². The van der Waals surface area contributed by atoms with Crippen LogP contribution in [0.25, 0.3) is 10.9 Å². The molecule has 0 unspecified atom stereocenters. The zero-order valence-electron chi connectivity index (χ0n) is 13.9. The number of hydrogen-bond donors (Lipinski definition) is 0. The van der Waals surface area contributed by atoms with Crippen LogP contribution in [0.5, 0.6) is 0 Å². The van der Waals surface area contributed by atoms with Gasteiger partial charge in [0.2, 0.25) is 5.91 Å². The fourth-order valence-corrected chi connectivity index (χ4v) is 3.03. The first-order valence-corrected chi connectivity index (χ1v) is 8.84. The number of carbonyl (C=O) groups excluding carboxylic acids is 1. The lowest BCUT2D eigenvalue weighted by molar-refractivity contribution is -0.132. The van der Waals surface area contributed by atoms with E-state index in [4.69, 9.17) is 0 Å². The minimum Gasteiger partial charge on any atom is -0.337 e. The molecule has 0 aliphatic rings. The van der Waals surface area contributed by atoms with Crippen LogP contribution in [0.1, 0.15) is 12.5 Å². The van der Waals surface area contributed by atoms with E-state index >= 15 is 0 Å². The number of likely N-dealkylation sites (N-methyl/N-ethyl adjacent to an activating group) is 1. The monoisotopic (exact) mass is 399 g/mol. The van der Waals surface area contributed by atoms with Crippen LogP contribution < -0.4 is 5.56 Å². The normalized spacial score (nSPS) is 10.8. The van der Waals surface area contributed by atoms with Crippen molar-refractivity contribution in [2.45, 2.75) is 20.0 Å². The van der Waals surface area contributed by atoms with E-state index in [1.165, 1.54) is 10.9 Å². The van der Waals surface area contributed by atoms with Gasteiger partial charge in [0.25, 0.3) is 5.56 Å². The SMILES string of the molecule is CCN(Cc1ccccc1)C(=O)Cn1cnc2ccc(Br)cc2c1=O. The van der Waals surface area contributed by atoms with E-state index in [1.807, 2.05) is 43.3 Å². The Balaban J connectivity index is 1.83. The van der Waals surface area contributed by atoms with Crippen molar-refractivity contribution in [1.82, 2.24) is 14.5 Å². The van der Waals surface area contributed by atoms with Gasteiger partial charge < -0.3 is 4.90 Å². The number of fused-ring (bicyclic) bond motifs is 1. The van der Waals surface area contributed by atoms with E-state index in [2.05, 4.69) is 20.9 Å². The van der Waals surface area contributed by atoms with E-state index in [0.717, 1.165) is 10.0 Å². The highest BCUT2D eigenvalue weighted by Gasteiger charge is 2.14. The summed E-state index contributed by atoms with van der Waals surface area (Å²) in [5, 5.41) is 0.496. The number of halogens is 1. The van der Waals surface area contributed by atoms with E-state index < -0.39 is 0 Å². The van der Waals surface area contributed by atoms with Gasteiger partial charge in [-0.25, -0.2) is 4.98 Å². The molecule has 0 bridgehead atoms. The number of rotatable bonds is 5. The van der Waals surface area contributed by atoms with Crippen LogP contribution in [0.3, 0.4) is 0 Å². The topological polar surface area (TPSA) is 55.2 Å². The molecule has 1 amide bonds. The van der Waals surface area contributed by atoms with E-state index in [0.29, 0.717) is 24.0 Å². The molecule has 5 nitrogen and oxygen atoms in total. The Morgan fingerprint density at radius 3 is 2.68 bits per heavy atom. The van der Waals surface area contributed by atoms with Crippen LogP contribution in [0.2, 0.25) is 0 Å². The fourth-order valence-electron chi connectivity index (χ4n) is 2.67. The maximum atomic E-state index is 12.6. The second-order valence-corrected chi connectivity index (χ2v) is 6.65. The molecule has 25 heavy (non-hydrogen) atoms. The second-order valence-electron chi connectivity index (χ2n) is 5.73. The molecule has 0 fully saturated rings. The minimum atomic E-state index is -0.213. The molecule has 2 aromatic carbocycles. The smallest absolute Gasteiger partial charge is 0.261 e. The van der Waals surface area contributed by atoms with Crippen LogP contribution in [0, 0.1) is 0 Å². The highest BCUT2D eigenvalue weighted by Crippen LogP contribution is 2.15. The van der Waals surface area contributed by atoms with Gasteiger partial charge in [-0.3, -0.25) is 14.2 Å². The number of nitrogens with zero attached hydrogens (tertiary/aromatic N) is 3. The Hall–Kier alpha value is -2.47.